The number of hydrogen-bond donors (Lipinski definition) is 1. The zero-order chi connectivity index (χ0) is 13.8. The number of nitrogens with two attached hydrogens (primary N) is 1. The van der Waals surface area contributed by atoms with Crippen LogP contribution in [0, 0.1) is 11.8 Å². The molecule has 1 aliphatic heterocycles. The van der Waals surface area contributed by atoms with Crippen LogP contribution in [0.3, 0.4) is 0 Å². The smallest absolute Gasteiger partial charge is 0.222 e. The fourth-order valence-corrected chi connectivity index (χ4v) is 2.70. The van der Waals surface area contributed by atoms with Gasteiger partial charge < -0.3 is 15.4 Å². The van der Waals surface area contributed by atoms with Gasteiger partial charge in [0.05, 0.1) is 13.0 Å². The molecule has 1 aliphatic rings. The van der Waals surface area contributed by atoms with E-state index in [4.69, 9.17) is 10.5 Å². The molecule has 2 N–H and O–H groups in total. The molecule has 1 fully saturated rings. The van der Waals surface area contributed by atoms with E-state index in [2.05, 4.69) is 24.0 Å². The van der Waals surface area contributed by atoms with Crippen molar-refractivity contribution in [1.82, 2.24) is 4.90 Å². The molecular weight excluding hydrogens is 240 g/mol. The molecule has 1 amide bonds. The van der Waals surface area contributed by atoms with Crippen LogP contribution in [-0.2, 0) is 11.2 Å². The number of benzene rings is 1. The Balaban J connectivity index is 1.84. The molecule has 104 valence electrons. The summed E-state index contributed by atoms with van der Waals surface area (Å²) in [5.74, 6) is 1.09. The highest BCUT2D eigenvalue weighted by molar-refractivity contribution is 5.77. The highest BCUT2D eigenvalue weighted by Crippen LogP contribution is 2.22. The lowest BCUT2D eigenvalue weighted by molar-refractivity contribution is -0.122. The molecule has 0 saturated carbocycles. The maximum Gasteiger partial charge on any atom is 0.222 e. The Morgan fingerprint density at radius 1 is 1.37 bits per heavy atom. The van der Waals surface area contributed by atoms with Gasteiger partial charge in [-0.3, -0.25) is 4.79 Å². The summed E-state index contributed by atoms with van der Waals surface area (Å²) in [4.78, 5) is 13.6. The van der Waals surface area contributed by atoms with Crippen LogP contribution in [0.2, 0.25) is 0 Å². The summed E-state index contributed by atoms with van der Waals surface area (Å²) in [7, 11) is 1.67. The molecule has 1 heterocycles. The van der Waals surface area contributed by atoms with Gasteiger partial charge in [-0.1, -0.05) is 19.1 Å². The Labute approximate surface area is 114 Å². The van der Waals surface area contributed by atoms with Crippen LogP contribution in [0.25, 0.3) is 0 Å². The van der Waals surface area contributed by atoms with E-state index in [9.17, 15) is 4.79 Å². The van der Waals surface area contributed by atoms with Gasteiger partial charge in [-0.2, -0.15) is 0 Å². The van der Waals surface area contributed by atoms with Crippen LogP contribution in [0.15, 0.2) is 24.3 Å². The molecule has 1 aromatic rings. The fourth-order valence-electron chi connectivity index (χ4n) is 2.70. The van der Waals surface area contributed by atoms with E-state index in [1.54, 1.807) is 7.11 Å². The lowest BCUT2D eigenvalue weighted by atomic mass is 9.98. The first-order valence-electron chi connectivity index (χ1n) is 6.74. The van der Waals surface area contributed by atoms with E-state index in [1.165, 1.54) is 5.56 Å². The predicted molar refractivity (Wildman–Crippen MR) is 75.0 cm³/mol. The largest absolute Gasteiger partial charge is 0.497 e. The minimum atomic E-state index is -0.167. The van der Waals surface area contributed by atoms with Crippen molar-refractivity contribution in [2.24, 2.45) is 17.6 Å². The van der Waals surface area contributed by atoms with Crippen molar-refractivity contribution in [3.05, 3.63) is 29.8 Å². The third-order valence-corrected chi connectivity index (χ3v) is 3.93. The van der Waals surface area contributed by atoms with Crippen LogP contribution in [0.5, 0.6) is 5.75 Å². The van der Waals surface area contributed by atoms with Crippen molar-refractivity contribution in [1.29, 1.82) is 0 Å². The number of primary amides is 1. The standard InChI is InChI=1S/C15H22N2O2/c1-11-9-17(10-14(11)15(16)18)8-7-12-3-5-13(19-2)6-4-12/h3-6,11,14H,7-10H2,1-2H3,(H2,16,18)/t11-,14-/m1/s1. The van der Waals surface area contributed by atoms with E-state index in [0.29, 0.717) is 5.92 Å². The number of hydrogen-bond acceptors (Lipinski definition) is 3. The van der Waals surface area contributed by atoms with Crippen molar-refractivity contribution in [3.8, 4) is 5.75 Å². The highest BCUT2D eigenvalue weighted by Gasteiger charge is 2.32. The van der Waals surface area contributed by atoms with Gasteiger partial charge in [0.1, 0.15) is 5.75 Å². The van der Waals surface area contributed by atoms with Crippen LogP contribution in [-0.4, -0.2) is 37.6 Å². The molecule has 1 saturated heterocycles. The number of carbonyl (C=O) groups is 1. The summed E-state index contributed by atoms with van der Waals surface area (Å²) in [5.41, 5.74) is 6.70. The predicted octanol–water partition coefficient (Wildman–Crippen LogP) is 1.29. The van der Waals surface area contributed by atoms with Crippen LogP contribution < -0.4 is 10.5 Å². The minimum absolute atomic E-state index is 0.0101. The van der Waals surface area contributed by atoms with E-state index >= 15 is 0 Å². The maximum absolute atomic E-state index is 11.3. The van der Waals surface area contributed by atoms with E-state index < -0.39 is 0 Å². The molecular formula is C15H22N2O2. The van der Waals surface area contributed by atoms with Crippen molar-refractivity contribution >= 4 is 5.91 Å². The van der Waals surface area contributed by atoms with Gasteiger partial charge in [-0.05, 0) is 30.0 Å². The lowest BCUT2D eigenvalue weighted by Gasteiger charge is -2.15. The average Bonchev–Trinajstić information content (AvgIpc) is 2.78. The Morgan fingerprint density at radius 3 is 2.58 bits per heavy atom. The number of likely N-dealkylation sites (tertiary alicyclic amines) is 1. The molecule has 0 radical (unpaired) electrons. The molecule has 0 aliphatic carbocycles. The molecule has 4 nitrogen and oxygen atoms in total. The normalized spacial score (nSPS) is 23.5. The second kappa shape index (κ2) is 6.06. The Morgan fingerprint density at radius 2 is 2.05 bits per heavy atom. The number of carbonyl (C=O) groups excluding carboxylic acids is 1. The first kappa shape index (κ1) is 13.9. The number of rotatable bonds is 5. The van der Waals surface area contributed by atoms with Gasteiger partial charge >= 0.3 is 0 Å². The zero-order valence-electron chi connectivity index (χ0n) is 11.6. The Hall–Kier alpha value is -1.55. The van der Waals surface area contributed by atoms with Gasteiger partial charge in [0.25, 0.3) is 0 Å². The molecule has 19 heavy (non-hydrogen) atoms. The summed E-state index contributed by atoms with van der Waals surface area (Å²) in [6.45, 7) is 4.83. The summed E-state index contributed by atoms with van der Waals surface area (Å²) >= 11 is 0. The molecule has 0 aromatic heterocycles. The topological polar surface area (TPSA) is 55.6 Å². The first-order chi connectivity index (χ1) is 9.10. The van der Waals surface area contributed by atoms with Gasteiger partial charge in [-0.15, -0.1) is 0 Å². The van der Waals surface area contributed by atoms with Gasteiger partial charge in [0.15, 0.2) is 0 Å². The second-order valence-corrected chi connectivity index (χ2v) is 5.34. The summed E-state index contributed by atoms with van der Waals surface area (Å²) in [6, 6.07) is 8.14. The van der Waals surface area contributed by atoms with Gasteiger partial charge in [-0.25, -0.2) is 0 Å². The first-order valence-corrected chi connectivity index (χ1v) is 6.74. The van der Waals surface area contributed by atoms with Crippen molar-refractivity contribution in [2.45, 2.75) is 13.3 Å². The maximum atomic E-state index is 11.3. The molecule has 0 unspecified atom stereocenters. The van der Waals surface area contributed by atoms with E-state index in [0.717, 1.165) is 31.8 Å². The van der Waals surface area contributed by atoms with E-state index in [-0.39, 0.29) is 11.8 Å². The Kier molecular flexibility index (Phi) is 4.43. The van der Waals surface area contributed by atoms with Crippen molar-refractivity contribution < 1.29 is 9.53 Å². The molecule has 2 atom stereocenters. The number of amides is 1. The average molecular weight is 262 g/mol. The fraction of sp³-hybridized carbons (Fsp3) is 0.533. The molecule has 2 rings (SSSR count). The number of nitrogens with zero attached hydrogens (tertiary/aromatic N) is 1. The minimum Gasteiger partial charge on any atom is -0.497 e. The quantitative estimate of drug-likeness (QED) is 0.870. The third-order valence-electron chi connectivity index (χ3n) is 3.93. The molecule has 1 aromatic carbocycles. The summed E-state index contributed by atoms with van der Waals surface area (Å²) in [6.07, 6.45) is 0.988. The zero-order valence-corrected chi connectivity index (χ0v) is 11.6. The lowest BCUT2D eigenvalue weighted by Crippen LogP contribution is -2.29. The van der Waals surface area contributed by atoms with Gasteiger partial charge in [0, 0.05) is 19.6 Å². The highest BCUT2D eigenvalue weighted by atomic mass is 16.5. The van der Waals surface area contributed by atoms with Crippen LogP contribution in [0.4, 0.5) is 0 Å². The summed E-state index contributed by atoms with van der Waals surface area (Å²) in [5, 5.41) is 0. The SMILES string of the molecule is COc1ccc(CCN2C[C@@H](C)[C@H](C(N)=O)C2)cc1. The number of methoxy groups -OCH3 is 1. The monoisotopic (exact) mass is 262 g/mol. The third kappa shape index (κ3) is 3.47. The van der Waals surface area contributed by atoms with Crippen LogP contribution in [0.1, 0.15) is 12.5 Å². The molecule has 4 heteroatoms. The molecule has 0 spiro atoms. The van der Waals surface area contributed by atoms with Gasteiger partial charge in [0.2, 0.25) is 5.91 Å². The van der Waals surface area contributed by atoms with E-state index in [1.807, 2.05) is 12.1 Å². The van der Waals surface area contributed by atoms with Crippen molar-refractivity contribution in [2.75, 3.05) is 26.7 Å². The summed E-state index contributed by atoms with van der Waals surface area (Å²) < 4.78 is 5.14. The molecule has 0 bridgehead atoms. The van der Waals surface area contributed by atoms with Crippen molar-refractivity contribution in [3.63, 3.8) is 0 Å². The second-order valence-electron chi connectivity index (χ2n) is 5.34. The van der Waals surface area contributed by atoms with Crippen LogP contribution >= 0.6 is 0 Å². The Bertz CT molecular complexity index is 430. The number of ether oxygens (including phenoxy) is 1.